The van der Waals surface area contributed by atoms with Gasteiger partial charge in [-0.3, -0.25) is 0 Å². The van der Waals surface area contributed by atoms with Crippen molar-refractivity contribution >= 4 is 27.2 Å². The van der Waals surface area contributed by atoms with Gasteiger partial charge < -0.3 is 14.6 Å². The van der Waals surface area contributed by atoms with Crippen LogP contribution in [0.5, 0.6) is 0 Å². The summed E-state index contributed by atoms with van der Waals surface area (Å²) in [6.07, 6.45) is 2.92. The van der Waals surface area contributed by atoms with E-state index in [2.05, 4.69) is 15.5 Å². The number of hydrogen-bond donors (Lipinski definition) is 1. The summed E-state index contributed by atoms with van der Waals surface area (Å²) in [5.41, 5.74) is 0. The van der Waals surface area contributed by atoms with Crippen LogP contribution in [0.1, 0.15) is 17.7 Å². The molecule has 0 amide bonds. The van der Waals surface area contributed by atoms with Gasteiger partial charge in [-0.1, -0.05) is 5.10 Å². The van der Waals surface area contributed by atoms with E-state index in [0.29, 0.717) is 4.21 Å². The van der Waals surface area contributed by atoms with Crippen LogP contribution in [0, 0.1) is 6.92 Å². The molecule has 0 atom stereocenters. The van der Waals surface area contributed by atoms with Crippen LogP contribution in [-0.4, -0.2) is 43.6 Å². The Morgan fingerprint density at radius 3 is 2.77 bits per heavy atom. The molecule has 0 spiro atoms. The van der Waals surface area contributed by atoms with E-state index in [1.807, 2.05) is 13.0 Å². The monoisotopic (exact) mass is 342 g/mol. The van der Waals surface area contributed by atoms with E-state index in [0.717, 1.165) is 30.8 Å². The van der Waals surface area contributed by atoms with Gasteiger partial charge in [0.05, 0.1) is 0 Å². The summed E-state index contributed by atoms with van der Waals surface area (Å²) in [6, 6.07) is 3.82. The number of aryl methyl sites for hydroxylation is 1. The van der Waals surface area contributed by atoms with E-state index in [1.54, 1.807) is 11.0 Å². The van der Waals surface area contributed by atoms with E-state index in [4.69, 9.17) is 4.42 Å². The third-order valence-electron chi connectivity index (χ3n) is 3.67. The molecule has 120 valence electrons. The molecule has 1 aliphatic heterocycles. The molecule has 0 radical (unpaired) electrons. The van der Waals surface area contributed by atoms with Gasteiger partial charge in [0.25, 0.3) is 0 Å². The molecule has 1 aliphatic rings. The van der Waals surface area contributed by atoms with E-state index in [1.165, 1.54) is 17.7 Å². The number of thiophene rings is 1. The van der Waals surface area contributed by atoms with Crippen LogP contribution < -0.4 is 10.2 Å². The number of sulfone groups is 1. The molecular weight excluding hydrogens is 324 g/mol. The lowest BCUT2D eigenvalue weighted by molar-refractivity contribution is 0.413. The zero-order valence-corrected chi connectivity index (χ0v) is 13.9. The highest BCUT2D eigenvalue weighted by atomic mass is 32.2. The fourth-order valence-electron chi connectivity index (χ4n) is 2.55. The van der Waals surface area contributed by atoms with Crippen LogP contribution in [0.4, 0.5) is 6.01 Å². The van der Waals surface area contributed by atoms with Crippen molar-refractivity contribution in [2.75, 3.05) is 23.9 Å². The predicted molar refractivity (Wildman–Crippen MR) is 83.8 cm³/mol. The number of rotatable bonds is 5. The van der Waals surface area contributed by atoms with Crippen molar-refractivity contribution in [3.05, 3.63) is 23.4 Å². The van der Waals surface area contributed by atoms with Gasteiger partial charge in [0.2, 0.25) is 16.2 Å². The maximum absolute atomic E-state index is 12.7. The maximum atomic E-state index is 12.7. The van der Waals surface area contributed by atoms with Crippen molar-refractivity contribution in [3.63, 3.8) is 0 Å². The molecule has 1 saturated heterocycles. The van der Waals surface area contributed by atoms with Crippen LogP contribution >= 0.6 is 11.3 Å². The van der Waals surface area contributed by atoms with Crippen molar-refractivity contribution in [1.82, 2.24) is 15.5 Å². The summed E-state index contributed by atoms with van der Waals surface area (Å²) in [5, 5.41) is 10.9. The lowest BCUT2D eigenvalue weighted by Crippen LogP contribution is -2.45. The molecule has 3 rings (SSSR count). The summed E-state index contributed by atoms with van der Waals surface area (Å²) in [4.78, 5) is 2.70. The summed E-state index contributed by atoms with van der Waals surface area (Å²) in [7, 11) is -3.42. The maximum Gasteiger partial charge on any atom is 0.319 e. The minimum atomic E-state index is -3.42. The smallest absolute Gasteiger partial charge is 0.319 e. The molecule has 1 N–H and O–H groups in total. The van der Waals surface area contributed by atoms with Gasteiger partial charge in [-0.05, 0) is 45.0 Å². The Morgan fingerprint density at radius 2 is 2.18 bits per heavy atom. The van der Waals surface area contributed by atoms with Crippen molar-refractivity contribution < 1.29 is 12.8 Å². The van der Waals surface area contributed by atoms with Crippen molar-refractivity contribution in [2.45, 2.75) is 30.0 Å². The molecule has 7 nitrogen and oxygen atoms in total. The minimum absolute atomic E-state index is 0.0811. The van der Waals surface area contributed by atoms with Crippen LogP contribution in [0.15, 0.2) is 27.2 Å². The van der Waals surface area contributed by atoms with Gasteiger partial charge >= 0.3 is 6.01 Å². The second-order valence-corrected chi connectivity index (χ2v) is 8.76. The predicted octanol–water partition coefficient (Wildman–Crippen LogP) is 1.43. The lowest BCUT2D eigenvalue weighted by Gasteiger charge is -2.32. The molecule has 3 heterocycles. The SMILES string of the molecule is Cc1ccc(S(=O)(=O)CN(c2nnco2)C2CCNCC2)s1. The normalized spacial score (nSPS) is 16.8. The van der Waals surface area contributed by atoms with Crippen molar-refractivity contribution in [1.29, 1.82) is 0 Å². The second-order valence-electron chi connectivity index (χ2n) is 5.28. The Labute approximate surface area is 133 Å². The Morgan fingerprint density at radius 1 is 1.41 bits per heavy atom. The fourth-order valence-corrected chi connectivity index (χ4v) is 5.29. The lowest BCUT2D eigenvalue weighted by atomic mass is 10.1. The first-order chi connectivity index (χ1) is 10.6. The standard InChI is InChI=1S/C13H18N4O3S2/c1-10-2-3-12(21-10)22(18,19)9-17(13-16-15-8-20-13)11-4-6-14-7-5-11/h2-3,8,11,14H,4-7,9H2,1H3. The molecular formula is C13H18N4O3S2. The van der Waals surface area contributed by atoms with Gasteiger partial charge in [-0.25, -0.2) is 8.42 Å². The number of nitrogens with zero attached hydrogens (tertiary/aromatic N) is 3. The molecule has 0 saturated carbocycles. The molecule has 2 aromatic heterocycles. The number of nitrogens with one attached hydrogen (secondary N) is 1. The van der Waals surface area contributed by atoms with E-state index in [-0.39, 0.29) is 17.9 Å². The Kier molecular flexibility index (Phi) is 4.46. The molecule has 0 aliphatic carbocycles. The third-order valence-corrected chi connectivity index (χ3v) is 6.85. The van der Waals surface area contributed by atoms with E-state index < -0.39 is 9.84 Å². The van der Waals surface area contributed by atoms with Gasteiger partial charge in [-0.15, -0.1) is 16.4 Å². The number of piperidine rings is 1. The highest BCUT2D eigenvalue weighted by Gasteiger charge is 2.30. The van der Waals surface area contributed by atoms with Gasteiger partial charge in [-0.2, -0.15) is 0 Å². The van der Waals surface area contributed by atoms with Gasteiger partial charge in [0.15, 0.2) is 0 Å². The summed E-state index contributed by atoms with van der Waals surface area (Å²) < 4.78 is 31.0. The Bertz CT molecular complexity index is 705. The fraction of sp³-hybridized carbons (Fsp3) is 0.538. The van der Waals surface area contributed by atoms with Crippen LogP contribution in [0.2, 0.25) is 0 Å². The Balaban J connectivity index is 1.86. The van der Waals surface area contributed by atoms with Crippen molar-refractivity contribution in [2.24, 2.45) is 0 Å². The molecule has 0 bridgehead atoms. The summed E-state index contributed by atoms with van der Waals surface area (Å²) in [5.74, 6) is -0.139. The molecule has 2 aromatic rings. The summed E-state index contributed by atoms with van der Waals surface area (Å²) in [6.45, 7) is 3.60. The quantitative estimate of drug-likeness (QED) is 0.879. The largest absolute Gasteiger partial charge is 0.411 e. The van der Waals surface area contributed by atoms with E-state index in [9.17, 15) is 8.42 Å². The second kappa shape index (κ2) is 6.35. The highest BCUT2D eigenvalue weighted by Crippen LogP contribution is 2.26. The Hall–Kier alpha value is -1.45. The van der Waals surface area contributed by atoms with Gasteiger partial charge in [0.1, 0.15) is 10.1 Å². The zero-order chi connectivity index (χ0) is 15.6. The number of hydrogen-bond acceptors (Lipinski definition) is 8. The molecule has 9 heteroatoms. The third kappa shape index (κ3) is 3.31. The van der Waals surface area contributed by atoms with E-state index >= 15 is 0 Å². The molecule has 1 fully saturated rings. The molecule has 0 unspecified atom stereocenters. The molecule has 22 heavy (non-hydrogen) atoms. The van der Waals surface area contributed by atoms with Crippen LogP contribution in [-0.2, 0) is 9.84 Å². The molecule has 0 aromatic carbocycles. The summed E-state index contributed by atoms with van der Waals surface area (Å²) >= 11 is 1.29. The first-order valence-electron chi connectivity index (χ1n) is 7.09. The topological polar surface area (TPSA) is 88.3 Å². The average Bonchev–Trinajstić information content (AvgIpc) is 3.17. The van der Waals surface area contributed by atoms with Crippen LogP contribution in [0.25, 0.3) is 0 Å². The van der Waals surface area contributed by atoms with Gasteiger partial charge in [0, 0.05) is 10.9 Å². The van der Waals surface area contributed by atoms with Crippen molar-refractivity contribution in [3.8, 4) is 0 Å². The highest BCUT2D eigenvalue weighted by molar-refractivity contribution is 7.93. The first kappa shape index (κ1) is 15.4. The first-order valence-corrected chi connectivity index (χ1v) is 9.56. The minimum Gasteiger partial charge on any atom is -0.411 e. The average molecular weight is 342 g/mol. The number of aromatic nitrogens is 2. The zero-order valence-electron chi connectivity index (χ0n) is 12.2. The van der Waals surface area contributed by atoms with Crippen LogP contribution in [0.3, 0.4) is 0 Å². The number of anilines is 1.